The van der Waals surface area contributed by atoms with Crippen LogP contribution in [-0.2, 0) is 4.74 Å². The minimum Gasteiger partial charge on any atom is -0.387 e. The Labute approximate surface area is 114 Å². The Balaban J connectivity index is 2.05. The van der Waals surface area contributed by atoms with Crippen LogP contribution in [0.25, 0.3) is 0 Å². The van der Waals surface area contributed by atoms with Crippen LogP contribution in [0.5, 0.6) is 0 Å². The zero-order valence-corrected chi connectivity index (χ0v) is 11.8. The zero-order chi connectivity index (χ0) is 13.9. The second-order valence-electron chi connectivity index (χ2n) is 5.57. The van der Waals surface area contributed by atoms with Crippen LogP contribution in [0.2, 0.25) is 0 Å². The summed E-state index contributed by atoms with van der Waals surface area (Å²) in [5.74, 6) is -0.0207. The summed E-state index contributed by atoms with van der Waals surface area (Å²) in [5, 5.41) is 6.15. The van der Waals surface area contributed by atoms with Crippen molar-refractivity contribution in [2.45, 2.75) is 38.3 Å². The van der Waals surface area contributed by atoms with E-state index in [-0.39, 0.29) is 17.6 Å². The van der Waals surface area contributed by atoms with Gasteiger partial charge in [0.15, 0.2) is 0 Å². The number of rotatable bonds is 3. The monoisotopic (exact) mass is 262 g/mol. The maximum atomic E-state index is 12.3. The van der Waals surface area contributed by atoms with Gasteiger partial charge in [-0.05, 0) is 38.8 Å². The summed E-state index contributed by atoms with van der Waals surface area (Å²) >= 11 is 0. The minimum atomic E-state index is -0.154. The lowest BCUT2D eigenvalue weighted by atomic mass is 9.93. The Morgan fingerprint density at radius 3 is 2.79 bits per heavy atom. The normalized spacial score (nSPS) is 21.7. The largest absolute Gasteiger partial charge is 0.387 e. The molecule has 104 valence electrons. The molecule has 2 N–H and O–H groups in total. The molecule has 4 heteroatoms. The number of benzene rings is 1. The van der Waals surface area contributed by atoms with Gasteiger partial charge in [0.2, 0.25) is 0 Å². The van der Waals surface area contributed by atoms with Crippen molar-refractivity contribution in [1.82, 2.24) is 5.32 Å². The van der Waals surface area contributed by atoms with E-state index < -0.39 is 0 Å². The van der Waals surface area contributed by atoms with E-state index in [0.29, 0.717) is 12.2 Å². The summed E-state index contributed by atoms with van der Waals surface area (Å²) in [6.07, 6.45) is 1.72. The van der Waals surface area contributed by atoms with Crippen molar-refractivity contribution in [3.05, 3.63) is 29.8 Å². The number of para-hydroxylation sites is 1. The third-order valence-corrected chi connectivity index (χ3v) is 3.47. The van der Waals surface area contributed by atoms with Gasteiger partial charge < -0.3 is 15.4 Å². The highest BCUT2D eigenvalue weighted by Crippen LogP contribution is 2.24. The molecule has 1 aliphatic rings. The van der Waals surface area contributed by atoms with Crippen LogP contribution in [-0.4, -0.2) is 31.2 Å². The number of hydrogen-bond acceptors (Lipinski definition) is 3. The number of ether oxygens (including phenoxy) is 1. The fourth-order valence-corrected chi connectivity index (χ4v) is 2.52. The van der Waals surface area contributed by atoms with Gasteiger partial charge in [-0.15, -0.1) is 0 Å². The quantitative estimate of drug-likeness (QED) is 0.879. The van der Waals surface area contributed by atoms with Crippen molar-refractivity contribution < 1.29 is 9.53 Å². The summed E-state index contributed by atoms with van der Waals surface area (Å²) in [5.41, 5.74) is 1.39. The Bertz CT molecular complexity index is 457. The van der Waals surface area contributed by atoms with Crippen LogP contribution < -0.4 is 10.6 Å². The zero-order valence-electron chi connectivity index (χ0n) is 11.8. The Morgan fingerprint density at radius 1 is 1.37 bits per heavy atom. The van der Waals surface area contributed by atoms with Gasteiger partial charge in [-0.25, -0.2) is 0 Å². The fraction of sp³-hybridized carbons (Fsp3) is 0.533. The fourth-order valence-electron chi connectivity index (χ4n) is 2.52. The van der Waals surface area contributed by atoms with Gasteiger partial charge in [-0.3, -0.25) is 4.79 Å². The van der Waals surface area contributed by atoms with E-state index in [1.165, 1.54) is 0 Å². The molecule has 0 unspecified atom stereocenters. The first kappa shape index (κ1) is 13.9. The van der Waals surface area contributed by atoms with E-state index in [0.717, 1.165) is 18.5 Å². The van der Waals surface area contributed by atoms with Crippen molar-refractivity contribution >= 4 is 11.6 Å². The minimum absolute atomic E-state index is 0.0207. The van der Waals surface area contributed by atoms with E-state index >= 15 is 0 Å². The van der Waals surface area contributed by atoms with Crippen molar-refractivity contribution in [1.29, 1.82) is 0 Å². The predicted octanol–water partition coefficient (Wildman–Crippen LogP) is 2.42. The van der Waals surface area contributed by atoms with Crippen LogP contribution in [0, 0.1) is 0 Å². The van der Waals surface area contributed by atoms with E-state index in [1.807, 2.05) is 31.3 Å². The highest BCUT2D eigenvalue weighted by Gasteiger charge is 2.30. The molecule has 1 heterocycles. The van der Waals surface area contributed by atoms with Crippen LogP contribution >= 0.6 is 0 Å². The molecule has 1 aromatic carbocycles. The number of carbonyl (C=O) groups excluding carboxylic acids is 1. The molecular formula is C15H22N2O2. The van der Waals surface area contributed by atoms with Gasteiger partial charge in [-0.1, -0.05) is 12.1 Å². The number of carbonyl (C=O) groups is 1. The maximum absolute atomic E-state index is 12.3. The first-order valence-electron chi connectivity index (χ1n) is 6.73. The molecule has 1 amide bonds. The van der Waals surface area contributed by atoms with Gasteiger partial charge in [0.25, 0.3) is 5.91 Å². The van der Waals surface area contributed by atoms with Crippen molar-refractivity contribution in [3.63, 3.8) is 0 Å². The van der Waals surface area contributed by atoms with Crippen LogP contribution in [0.3, 0.4) is 0 Å². The maximum Gasteiger partial charge on any atom is 0.253 e. The second-order valence-corrected chi connectivity index (χ2v) is 5.57. The molecule has 0 saturated carbocycles. The number of hydrogen-bond donors (Lipinski definition) is 2. The molecule has 2 rings (SSSR count). The smallest absolute Gasteiger partial charge is 0.253 e. The number of anilines is 1. The molecule has 1 saturated heterocycles. The lowest BCUT2D eigenvalue weighted by Gasteiger charge is -2.35. The standard InChI is InChI=1S/C15H22N2O2/c1-15(2)10-11(8-9-19-15)17-14(18)12-6-4-5-7-13(12)16-3/h4-7,11,16H,8-10H2,1-3H3,(H,17,18)/t11-/m1/s1. The van der Waals surface area contributed by atoms with Crippen molar-refractivity contribution in [3.8, 4) is 0 Å². The average Bonchev–Trinajstić information content (AvgIpc) is 2.37. The first-order chi connectivity index (χ1) is 9.02. The van der Waals surface area contributed by atoms with Crippen molar-refractivity contribution in [2.24, 2.45) is 0 Å². The summed E-state index contributed by atoms with van der Waals surface area (Å²) < 4.78 is 5.66. The third kappa shape index (κ3) is 3.47. The van der Waals surface area contributed by atoms with E-state index in [4.69, 9.17) is 4.74 Å². The molecule has 1 fully saturated rings. The summed E-state index contributed by atoms with van der Waals surface area (Å²) in [6, 6.07) is 7.72. The molecule has 0 aliphatic carbocycles. The van der Waals surface area contributed by atoms with Crippen molar-refractivity contribution in [2.75, 3.05) is 19.0 Å². The van der Waals surface area contributed by atoms with Crippen LogP contribution in [0.1, 0.15) is 37.0 Å². The molecule has 1 aromatic rings. The lowest BCUT2D eigenvalue weighted by molar-refractivity contribution is -0.0615. The molecular weight excluding hydrogens is 240 g/mol. The van der Waals surface area contributed by atoms with Gasteiger partial charge in [0, 0.05) is 25.4 Å². The van der Waals surface area contributed by atoms with Crippen LogP contribution in [0.4, 0.5) is 5.69 Å². The second kappa shape index (κ2) is 5.61. The molecule has 0 bridgehead atoms. The van der Waals surface area contributed by atoms with Gasteiger partial charge >= 0.3 is 0 Å². The summed E-state index contributed by atoms with van der Waals surface area (Å²) in [7, 11) is 1.82. The van der Waals surface area contributed by atoms with E-state index in [9.17, 15) is 4.79 Å². The predicted molar refractivity (Wildman–Crippen MR) is 76.5 cm³/mol. The highest BCUT2D eigenvalue weighted by atomic mass is 16.5. The average molecular weight is 262 g/mol. The Kier molecular flexibility index (Phi) is 4.10. The first-order valence-corrected chi connectivity index (χ1v) is 6.73. The van der Waals surface area contributed by atoms with Gasteiger partial charge in [0.1, 0.15) is 0 Å². The number of nitrogens with one attached hydrogen (secondary N) is 2. The summed E-state index contributed by atoms with van der Waals surface area (Å²) in [6.45, 7) is 4.82. The van der Waals surface area contributed by atoms with Gasteiger partial charge in [-0.2, -0.15) is 0 Å². The Hall–Kier alpha value is -1.55. The lowest BCUT2D eigenvalue weighted by Crippen LogP contribution is -2.45. The molecule has 0 radical (unpaired) electrons. The highest BCUT2D eigenvalue weighted by molar-refractivity contribution is 5.99. The van der Waals surface area contributed by atoms with E-state index in [2.05, 4.69) is 24.5 Å². The molecule has 1 aliphatic heterocycles. The molecule has 0 aromatic heterocycles. The molecule has 0 spiro atoms. The van der Waals surface area contributed by atoms with Crippen LogP contribution in [0.15, 0.2) is 24.3 Å². The van der Waals surface area contributed by atoms with E-state index in [1.54, 1.807) is 0 Å². The SMILES string of the molecule is CNc1ccccc1C(=O)N[C@@H]1CCOC(C)(C)C1. The molecule has 19 heavy (non-hydrogen) atoms. The third-order valence-electron chi connectivity index (χ3n) is 3.47. The van der Waals surface area contributed by atoms with Gasteiger partial charge in [0.05, 0.1) is 11.2 Å². The number of amides is 1. The Morgan fingerprint density at radius 2 is 2.11 bits per heavy atom. The topological polar surface area (TPSA) is 50.4 Å². The molecule has 1 atom stereocenters. The summed E-state index contributed by atoms with van der Waals surface area (Å²) in [4.78, 5) is 12.3. The molecule has 4 nitrogen and oxygen atoms in total.